The number of hydrogen-bond acceptors (Lipinski definition) is 5. The van der Waals surface area contributed by atoms with Gasteiger partial charge < -0.3 is 5.32 Å². The first-order chi connectivity index (χ1) is 15.6. The number of carbonyl (C=O) groups excluding carboxylic acids is 1. The third-order valence-corrected chi connectivity index (χ3v) is 5.82. The molecule has 0 saturated heterocycles. The highest BCUT2D eigenvalue weighted by atomic mass is 32.1. The highest BCUT2D eigenvalue weighted by Crippen LogP contribution is 2.28. The maximum Gasteiger partial charge on any atom is 0.272 e. The number of halogens is 1. The number of fused-ring (bicyclic) bond motifs is 1. The highest BCUT2D eigenvalue weighted by molar-refractivity contribution is 7.16. The van der Waals surface area contributed by atoms with E-state index in [0.717, 1.165) is 32.7 Å². The molecule has 2 aromatic carbocycles. The number of nitrogens with zero attached hydrogens (tertiary/aromatic N) is 4. The standard InChI is InChI=1S/C24H18FN5OS/c1-15-3-2-4-23(28-15)30-21(17-7-10-19-22(11-17)32-14-27-19)12-20(29-30)24(31)26-13-16-5-8-18(25)9-6-16/h2-12,14H,13H2,1H3,(H,26,31). The second-order valence-corrected chi connectivity index (χ2v) is 8.19. The number of aromatic nitrogens is 4. The molecule has 0 aliphatic carbocycles. The summed E-state index contributed by atoms with van der Waals surface area (Å²) in [7, 11) is 0. The van der Waals surface area contributed by atoms with Crippen molar-refractivity contribution < 1.29 is 9.18 Å². The van der Waals surface area contributed by atoms with Gasteiger partial charge in [-0.3, -0.25) is 4.79 Å². The number of pyridine rings is 1. The number of aryl methyl sites for hydroxylation is 1. The highest BCUT2D eigenvalue weighted by Gasteiger charge is 2.18. The normalized spacial score (nSPS) is 11.1. The van der Waals surface area contributed by atoms with Crippen LogP contribution >= 0.6 is 11.3 Å². The monoisotopic (exact) mass is 443 g/mol. The quantitative estimate of drug-likeness (QED) is 0.418. The van der Waals surface area contributed by atoms with Crippen molar-refractivity contribution in [2.24, 2.45) is 0 Å². The number of benzene rings is 2. The summed E-state index contributed by atoms with van der Waals surface area (Å²) in [4.78, 5) is 21.8. The van der Waals surface area contributed by atoms with Gasteiger partial charge in [0, 0.05) is 17.8 Å². The first kappa shape index (κ1) is 20.0. The van der Waals surface area contributed by atoms with Gasteiger partial charge in [-0.15, -0.1) is 11.3 Å². The van der Waals surface area contributed by atoms with Gasteiger partial charge in [-0.1, -0.05) is 24.3 Å². The van der Waals surface area contributed by atoms with Gasteiger partial charge in [-0.05, 0) is 55.0 Å². The Balaban J connectivity index is 1.51. The van der Waals surface area contributed by atoms with Crippen LogP contribution in [0.5, 0.6) is 0 Å². The van der Waals surface area contributed by atoms with Crippen LogP contribution in [0.3, 0.4) is 0 Å². The van der Waals surface area contributed by atoms with Gasteiger partial charge in [-0.25, -0.2) is 19.0 Å². The molecule has 1 amide bonds. The molecule has 32 heavy (non-hydrogen) atoms. The lowest BCUT2D eigenvalue weighted by atomic mass is 10.1. The minimum absolute atomic E-state index is 0.273. The van der Waals surface area contributed by atoms with Crippen molar-refractivity contribution >= 4 is 27.5 Å². The van der Waals surface area contributed by atoms with Crippen LogP contribution in [0.25, 0.3) is 27.3 Å². The zero-order valence-corrected chi connectivity index (χ0v) is 17.9. The molecular weight excluding hydrogens is 425 g/mol. The van der Waals surface area contributed by atoms with Crippen LogP contribution in [0.2, 0.25) is 0 Å². The fraction of sp³-hybridized carbons (Fsp3) is 0.0833. The van der Waals surface area contributed by atoms with E-state index in [4.69, 9.17) is 0 Å². The van der Waals surface area contributed by atoms with Crippen molar-refractivity contribution in [1.29, 1.82) is 0 Å². The molecule has 1 N–H and O–H groups in total. The Bertz CT molecular complexity index is 1420. The van der Waals surface area contributed by atoms with Crippen LogP contribution in [0.1, 0.15) is 21.7 Å². The van der Waals surface area contributed by atoms with Crippen molar-refractivity contribution in [3.8, 4) is 17.1 Å². The molecule has 0 atom stereocenters. The number of rotatable bonds is 5. The van der Waals surface area contributed by atoms with Crippen LogP contribution in [-0.4, -0.2) is 25.7 Å². The Hall–Kier alpha value is -3.91. The zero-order chi connectivity index (χ0) is 22.1. The Labute approximate surface area is 187 Å². The summed E-state index contributed by atoms with van der Waals surface area (Å²) < 4.78 is 15.8. The van der Waals surface area contributed by atoms with E-state index in [-0.39, 0.29) is 24.0 Å². The molecule has 0 spiro atoms. The van der Waals surface area contributed by atoms with Gasteiger partial charge in [0.25, 0.3) is 5.91 Å². The van der Waals surface area contributed by atoms with E-state index in [2.05, 4.69) is 20.4 Å². The summed E-state index contributed by atoms with van der Waals surface area (Å²) in [5, 5.41) is 7.41. The fourth-order valence-electron chi connectivity index (χ4n) is 3.41. The molecule has 0 aliphatic heterocycles. The Morgan fingerprint density at radius 3 is 2.75 bits per heavy atom. The first-order valence-electron chi connectivity index (χ1n) is 9.97. The lowest BCUT2D eigenvalue weighted by molar-refractivity contribution is 0.0945. The van der Waals surface area contributed by atoms with E-state index in [1.165, 1.54) is 12.1 Å². The van der Waals surface area contributed by atoms with Gasteiger partial charge in [-0.2, -0.15) is 5.10 Å². The molecule has 3 heterocycles. The number of thiazole rings is 1. The predicted octanol–water partition coefficient (Wildman–Crippen LogP) is 4.92. The molecule has 0 unspecified atom stereocenters. The molecular formula is C24H18FN5OS. The summed E-state index contributed by atoms with van der Waals surface area (Å²) in [5.74, 6) is -0.00476. The average Bonchev–Trinajstić information content (AvgIpc) is 3.45. The van der Waals surface area contributed by atoms with E-state index >= 15 is 0 Å². The predicted molar refractivity (Wildman–Crippen MR) is 122 cm³/mol. The van der Waals surface area contributed by atoms with Crippen LogP contribution < -0.4 is 5.32 Å². The number of hydrogen-bond donors (Lipinski definition) is 1. The maximum atomic E-state index is 13.1. The van der Waals surface area contributed by atoms with Crippen molar-refractivity contribution in [2.45, 2.75) is 13.5 Å². The van der Waals surface area contributed by atoms with E-state index in [1.54, 1.807) is 34.2 Å². The zero-order valence-electron chi connectivity index (χ0n) is 17.1. The summed E-state index contributed by atoms with van der Waals surface area (Å²) in [5.41, 5.74) is 6.33. The van der Waals surface area contributed by atoms with Crippen molar-refractivity contribution in [3.63, 3.8) is 0 Å². The van der Waals surface area contributed by atoms with Crippen molar-refractivity contribution in [1.82, 2.24) is 25.1 Å². The lowest BCUT2D eigenvalue weighted by Crippen LogP contribution is -2.23. The molecule has 158 valence electrons. The smallest absolute Gasteiger partial charge is 0.272 e. The molecule has 8 heteroatoms. The van der Waals surface area contributed by atoms with Gasteiger partial charge >= 0.3 is 0 Å². The SMILES string of the molecule is Cc1cccc(-n2nc(C(=O)NCc3ccc(F)cc3)cc2-c2ccc3ncsc3c2)n1. The van der Waals surface area contributed by atoms with Crippen LogP contribution in [0.15, 0.2) is 72.2 Å². The number of carbonyl (C=O) groups is 1. The third-order valence-electron chi connectivity index (χ3n) is 5.03. The van der Waals surface area contributed by atoms with Gasteiger partial charge in [0.15, 0.2) is 11.5 Å². The van der Waals surface area contributed by atoms with Crippen molar-refractivity contribution in [2.75, 3.05) is 0 Å². The Morgan fingerprint density at radius 1 is 1.09 bits per heavy atom. The molecule has 0 bridgehead atoms. The summed E-state index contributed by atoms with van der Waals surface area (Å²) in [6, 6.07) is 19.4. The summed E-state index contributed by atoms with van der Waals surface area (Å²) in [6.07, 6.45) is 0. The number of nitrogens with one attached hydrogen (secondary N) is 1. The fourth-order valence-corrected chi connectivity index (χ4v) is 4.12. The Kier molecular flexibility index (Phi) is 5.20. The minimum Gasteiger partial charge on any atom is -0.347 e. The van der Waals surface area contributed by atoms with E-state index in [9.17, 15) is 9.18 Å². The lowest BCUT2D eigenvalue weighted by Gasteiger charge is -2.07. The van der Waals surface area contributed by atoms with Gasteiger partial charge in [0.1, 0.15) is 5.82 Å². The molecule has 0 fully saturated rings. The van der Waals surface area contributed by atoms with E-state index in [0.29, 0.717) is 5.82 Å². The summed E-state index contributed by atoms with van der Waals surface area (Å²) >= 11 is 1.56. The third kappa shape index (κ3) is 4.00. The largest absolute Gasteiger partial charge is 0.347 e. The van der Waals surface area contributed by atoms with Crippen LogP contribution in [0, 0.1) is 12.7 Å². The van der Waals surface area contributed by atoms with Crippen LogP contribution in [-0.2, 0) is 6.54 Å². The molecule has 0 radical (unpaired) electrons. The first-order valence-corrected chi connectivity index (χ1v) is 10.9. The molecule has 0 aliphatic rings. The molecule has 3 aromatic heterocycles. The second kappa shape index (κ2) is 8.32. The number of amides is 1. The van der Waals surface area contributed by atoms with E-state index < -0.39 is 0 Å². The molecule has 5 aromatic rings. The van der Waals surface area contributed by atoms with Gasteiger partial charge in [0.2, 0.25) is 0 Å². The summed E-state index contributed by atoms with van der Waals surface area (Å²) in [6.45, 7) is 2.18. The van der Waals surface area contributed by atoms with Gasteiger partial charge in [0.05, 0.1) is 21.4 Å². The minimum atomic E-state index is -0.319. The molecule has 6 nitrogen and oxygen atoms in total. The molecule has 0 saturated carbocycles. The van der Waals surface area contributed by atoms with Crippen molar-refractivity contribution in [3.05, 3.63) is 95.0 Å². The van der Waals surface area contributed by atoms with Crippen LogP contribution in [0.4, 0.5) is 4.39 Å². The molecule has 5 rings (SSSR count). The topological polar surface area (TPSA) is 72.7 Å². The Morgan fingerprint density at radius 2 is 1.94 bits per heavy atom. The average molecular weight is 444 g/mol. The van der Waals surface area contributed by atoms with E-state index in [1.807, 2.05) is 48.8 Å². The second-order valence-electron chi connectivity index (χ2n) is 7.31. The maximum absolute atomic E-state index is 13.1.